The molecular formula is C20H19ClF5N3O3. The van der Waals surface area contributed by atoms with Crippen LogP contribution in [0.2, 0.25) is 5.02 Å². The number of benzene rings is 1. The maximum atomic E-state index is 14.0. The van der Waals surface area contributed by atoms with Crippen molar-refractivity contribution in [2.45, 2.75) is 44.4 Å². The number of aromatic nitrogens is 2. The minimum atomic E-state index is -4.68. The van der Waals surface area contributed by atoms with Gasteiger partial charge in [-0.3, -0.25) is 9.53 Å². The molecule has 1 heterocycles. The smallest absolute Gasteiger partial charge is 0.368 e. The van der Waals surface area contributed by atoms with E-state index in [1.165, 1.54) is 12.5 Å². The van der Waals surface area contributed by atoms with Crippen molar-refractivity contribution in [2.24, 2.45) is 0 Å². The molecule has 2 aromatic rings. The van der Waals surface area contributed by atoms with Crippen molar-refractivity contribution < 1.29 is 36.2 Å². The van der Waals surface area contributed by atoms with Gasteiger partial charge in [0.15, 0.2) is 0 Å². The molecule has 1 amide bonds. The van der Waals surface area contributed by atoms with E-state index in [9.17, 15) is 26.7 Å². The highest BCUT2D eigenvalue weighted by Crippen LogP contribution is 2.32. The molecule has 0 radical (unpaired) electrons. The summed E-state index contributed by atoms with van der Waals surface area (Å²) in [5.74, 6) is -2.16. The van der Waals surface area contributed by atoms with E-state index in [-0.39, 0.29) is 35.7 Å². The van der Waals surface area contributed by atoms with Crippen molar-refractivity contribution in [3.63, 3.8) is 0 Å². The van der Waals surface area contributed by atoms with E-state index >= 15 is 0 Å². The molecule has 1 fully saturated rings. The van der Waals surface area contributed by atoms with Crippen molar-refractivity contribution in [1.29, 1.82) is 0 Å². The second-order valence-corrected chi connectivity index (χ2v) is 7.67. The van der Waals surface area contributed by atoms with Crippen LogP contribution in [-0.4, -0.2) is 40.6 Å². The lowest BCUT2D eigenvalue weighted by Crippen LogP contribution is -2.42. The fourth-order valence-electron chi connectivity index (χ4n) is 3.09. The van der Waals surface area contributed by atoms with E-state index in [0.29, 0.717) is 18.7 Å². The van der Waals surface area contributed by atoms with Gasteiger partial charge in [-0.2, -0.15) is 0 Å². The van der Waals surface area contributed by atoms with E-state index in [1.807, 2.05) is 0 Å². The summed E-state index contributed by atoms with van der Waals surface area (Å²) in [5, 5.41) is 2.46. The first-order chi connectivity index (χ1) is 15.0. The summed E-state index contributed by atoms with van der Waals surface area (Å²) in [4.78, 5) is 15.9. The second-order valence-electron chi connectivity index (χ2n) is 7.23. The lowest BCUT2D eigenvalue weighted by atomic mass is 9.92. The monoisotopic (exact) mass is 479 g/mol. The van der Waals surface area contributed by atoms with E-state index < -0.39 is 36.1 Å². The van der Waals surface area contributed by atoms with Gasteiger partial charge < -0.3 is 14.6 Å². The van der Waals surface area contributed by atoms with Crippen LogP contribution in [0, 0.1) is 11.6 Å². The summed E-state index contributed by atoms with van der Waals surface area (Å²) in [6.07, 6.45) is -2.85. The third-order valence-corrected chi connectivity index (χ3v) is 4.90. The van der Waals surface area contributed by atoms with Crippen LogP contribution in [0.5, 0.6) is 0 Å². The number of nitrogens with one attached hydrogen (secondary N) is 1. The van der Waals surface area contributed by atoms with E-state index in [2.05, 4.69) is 21.6 Å². The van der Waals surface area contributed by atoms with Gasteiger partial charge in [-0.15, -0.1) is 13.2 Å². The van der Waals surface area contributed by atoms with E-state index in [0.717, 1.165) is 12.1 Å². The molecule has 0 bridgehead atoms. The molecule has 0 spiro atoms. The lowest BCUT2D eigenvalue weighted by molar-refractivity contribution is -0.357. The minimum Gasteiger partial charge on any atom is -0.368 e. The first-order valence-corrected chi connectivity index (χ1v) is 9.88. The molecule has 1 saturated carbocycles. The maximum Gasteiger partial charge on any atom is 0.522 e. The highest BCUT2D eigenvalue weighted by atomic mass is 35.5. The number of nitrogens with zero attached hydrogens (tertiary/aromatic N) is 2. The van der Waals surface area contributed by atoms with Crippen molar-refractivity contribution in [3.05, 3.63) is 53.6 Å². The Balaban J connectivity index is 1.39. The average molecular weight is 480 g/mol. The largest absolute Gasteiger partial charge is 0.522 e. The molecule has 0 atom stereocenters. The number of carbonyl (C=O) groups is 1. The van der Waals surface area contributed by atoms with Gasteiger partial charge in [0.25, 0.3) is 0 Å². The van der Waals surface area contributed by atoms with Crippen molar-refractivity contribution in [3.8, 4) is 11.3 Å². The fourth-order valence-corrected chi connectivity index (χ4v) is 3.28. The molecule has 1 N–H and O–H groups in total. The van der Waals surface area contributed by atoms with Crippen LogP contribution in [0.3, 0.4) is 0 Å². The Hall–Kier alpha value is -2.50. The first kappa shape index (κ1) is 24.1. The molecule has 1 aliphatic carbocycles. The van der Waals surface area contributed by atoms with Gasteiger partial charge in [-0.05, 0) is 12.1 Å². The van der Waals surface area contributed by atoms with Crippen LogP contribution in [0.25, 0.3) is 11.3 Å². The Bertz CT molecular complexity index is 966. The summed E-state index contributed by atoms with van der Waals surface area (Å²) in [5.41, 5.74) is 0.161. The van der Waals surface area contributed by atoms with Gasteiger partial charge in [0, 0.05) is 42.7 Å². The summed E-state index contributed by atoms with van der Waals surface area (Å²) in [6, 6.07) is 1.98. The zero-order chi connectivity index (χ0) is 23.5. The van der Waals surface area contributed by atoms with Crippen molar-refractivity contribution in [2.75, 3.05) is 6.61 Å². The number of imidazole rings is 1. The third kappa shape index (κ3) is 6.75. The average Bonchev–Trinajstić information content (AvgIpc) is 3.08. The Kier molecular flexibility index (Phi) is 7.52. The summed E-state index contributed by atoms with van der Waals surface area (Å²) >= 11 is 5.62. The van der Waals surface area contributed by atoms with Crippen LogP contribution >= 0.6 is 11.6 Å². The number of ether oxygens (including phenoxy) is 2. The molecule has 0 aliphatic heterocycles. The molecule has 6 nitrogen and oxygen atoms in total. The zero-order valence-electron chi connectivity index (χ0n) is 16.6. The van der Waals surface area contributed by atoms with Crippen LogP contribution in [-0.2, 0) is 20.8 Å². The molecule has 174 valence electrons. The normalized spacial score (nSPS) is 18.3. The molecular weight excluding hydrogens is 461 g/mol. The number of aryl methyl sites for hydroxylation is 1. The molecule has 1 aliphatic rings. The SMILES string of the molecule is C=C(CCn1cnc(-c2c(F)cc(Cl)cc2F)c1)NC(=O)COC1CC(OC(F)(F)F)C1. The molecule has 3 rings (SSSR count). The molecule has 1 aromatic heterocycles. The summed E-state index contributed by atoms with van der Waals surface area (Å²) in [6.45, 7) is 3.72. The van der Waals surface area contributed by atoms with Gasteiger partial charge in [-0.1, -0.05) is 18.2 Å². The number of hydrogen-bond acceptors (Lipinski definition) is 4. The molecule has 0 saturated heterocycles. The Morgan fingerprint density at radius 2 is 1.91 bits per heavy atom. The number of hydrogen-bond donors (Lipinski definition) is 1. The predicted octanol–water partition coefficient (Wildman–Crippen LogP) is 4.59. The number of allylic oxidation sites excluding steroid dienone is 1. The topological polar surface area (TPSA) is 65.4 Å². The third-order valence-electron chi connectivity index (χ3n) is 4.69. The fraction of sp³-hybridized carbons (Fsp3) is 0.400. The first-order valence-electron chi connectivity index (χ1n) is 9.50. The highest BCUT2D eigenvalue weighted by molar-refractivity contribution is 6.30. The van der Waals surface area contributed by atoms with Gasteiger partial charge >= 0.3 is 6.36 Å². The van der Waals surface area contributed by atoms with Crippen molar-refractivity contribution in [1.82, 2.24) is 14.9 Å². The number of carbonyl (C=O) groups excluding carboxylic acids is 1. The number of alkyl halides is 3. The Morgan fingerprint density at radius 1 is 1.25 bits per heavy atom. The maximum absolute atomic E-state index is 14.0. The van der Waals surface area contributed by atoms with E-state index in [1.54, 1.807) is 4.57 Å². The molecule has 32 heavy (non-hydrogen) atoms. The van der Waals surface area contributed by atoms with Gasteiger partial charge in [0.2, 0.25) is 5.91 Å². The quantitative estimate of drug-likeness (QED) is 0.534. The van der Waals surface area contributed by atoms with Gasteiger partial charge in [0.05, 0.1) is 29.8 Å². The minimum absolute atomic E-state index is 0.0610. The Labute approximate surface area is 185 Å². The van der Waals surface area contributed by atoms with Gasteiger partial charge in [-0.25, -0.2) is 13.8 Å². The zero-order valence-corrected chi connectivity index (χ0v) is 17.3. The number of halogens is 6. The van der Waals surface area contributed by atoms with E-state index in [4.69, 9.17) is 16.3 Å². The molecule has 12 heteroatoms. The lowest BCUT2D eigenvalue weighted by Gasteiger charge is -2.34. The number of rotatable bonds is 9. The van der Waals surface area contributed by atoms with Crippen molar-refractivity contribution >= 4 is 17.5 Å². The van der Waals surface area contributed by atoms with Crippen LogP contribution in [0.4, 0.5) is 22.0 Å². The van der Waals surface area contributed by atoms with Crippen LogP contribution in [0.15, 0.2) is 36.9 Å². The molecule has 0 unspecified atom stereocenters. The Morgan fingerprint density at radius 3 is 2.53 bits per heavy atom. The predicted molar refractivity (Wildman–Crippen MR) is 104 cm³/mol. The molecule has 1 aromatic carbocycles. The highest BCUT2D eigenvalue weighted by Gasteiger charge is 2.40. The van der Waals surface area contributed by atoms with Crippen LogP contribution < -0.4 is 5.32 Å². The van der Waals surface area contributed by atoms with Gasteiger partial charge in [0.1, 0.15) is 18.2 Å². The second kappa shape index (κ2) is 9.97. The van der Waals surface area contributed by atoms with Crippen LogP contribution in [0.1, 0.15) is 19.3 Å². The number of amides is 1. The summed E-state index contributed by atoms with van der Waals surface area (Å²) < 4.78 is 74.9. The standard InChI is InChI=1S/C20H19ClF5N3O3/c1-11(28-18(30)9-31-13-6-14(7-13)32-20(24,25)26)2-3-29-8-17(27-10-29)19-15(22)4-12(21)5-16(19)23/h4-5,8,10,13-14H,1-3,6-7,9H2,(H,28,30). The summed E-state index contributed by atoms with van der Waals surface area (Å²) in [7, 11) is 0.